The van der Waals surface area contributed by atoms with Gasteiger partial charge in [0.2, 0.25) is 0 Å². The molecule has 0 bridgehead atoms. The molecule has 0 aromatic carbocycles. The molecule has 0 aromatic rings. The number of hydrogen-bond donors (Lipinski definition) is 0. The summed E-state index contributed by atoms with van der Waals surface area (Å²) in [6.45, 7) is 9.97. The molecule has 0 amide bonds. The SMILES string of the molecule is C=C(C)C(=O)OC1(CC(CC)CCCC)CCCCC1. The van der Waals surface area contributed by atoms with Gasteiger partial charge in [-0.15, -0.1) is 0 Å². The third-order valence-electron chi connectivity index (χ3n) is 4.63. The van der Waals surface area contributed by atoms with Gasteiger partial charge in [0.1, 0.15) is 5.60 Å². The second-order valence-electron chi connectivity index (χ2n) is 6.53. The van der Waals surface area contributed by atoms with Gasteiger partial charge >= 0.3 is 5.97 Å². The molecular formula is C18H32O2. The van der Waals surface area contributed by atoms with Gasteiger partial charge in [0.25, 0.3) is 0 Å². The number of hydrogen-bond acceptors (Lipinski definition) is 2. The van der Waals surface area contributed by atoms with Crippen LogP contribution in [0.3, 0.4) is 0 Å². The molecule has 1 rings (SSSR count). The van der Waals surface area contributed by atoms with Crippen LogP contribution >= 0.6 is 0 Å². The number of carbonyl (C=O) groups is 1. The van der Waals surface area contributed by atoms with Crippen LogP contribution in [0.2, 0.25) is 0 Å². The molecule has 1 unspecified atom stereocenters. The molecular weight excluding hydrogens is 248 g/mol. The number of esters is 1. The van der Waals surface area contributed by atoms with E-state index in [1.807, 2.05) is 0 Å². The van der Waals surface area contributed by atoms with E-state index in [1.165, 1.54) is 44.9 Å². The van der Waals surface area contributed by atoms with Crippen LogP contribution in [0.15, 0.2) is 12.2 Å². The van der Waals surface area contributed by atoms with Gasteiger partial charge in [0, 0.05) is 5.57 Å². The minimum atomic E-state index is -0.206. The van der Waals surface area contributed by atoms with Crippen LogP contribution in [0, 0.1) is 5.92 Å². The summed E-state index contributed by atoms with van der Waals surface area (Å²) in [7, 11) is 0. The fraction of sp³-hybridized carbons (Fsp3) is 0.833. The summed E-state index contributed by atoms with van der Waals surface area (Å²) in [5.74, 6) is 0.489. The zero-order valence-corrected chi connectivity index (χ0v) is 13.7. The smallest absolute Gasteiger partial charge is 0.333 e. The highest BCUT2D eigenvalue weighted by molar-refractivity contribution is 5.87. The molecule has 0 aliphatic heterocycles. The van der Waals surface area contributed by atoms with E-state index >= 15 is 0 Å². The van der Waals surface area contributed by atoms with Crippen LogP contribution in [-0.2, 0) is 9.53 Å². The standard InChI is InChI=1S/C18H32O2/c1-5-7-11-16(6-2)14-18(12-9-8-10-13-18)20-17(19)15(3)4/h16H,3,5-14H2,1-2,4H3. The third-order valence-corrected chi connectivity index (χ3v) is 4.63. The number of rotatable bonds is 8. The molecule has 20 heavy (non-hydrogen) atoms. The summed E-state index contributed by atoms with van der Waals surface area (Å²) in [6.07, 6.45) is 11.7. The minimum Gasteiger partial charge on any atom is -0.456 e. The summed E-state index contributed by atoms with van der Waals surface area (Å²) >= 11 is 0. The lowest BCUT2D eigenvalue weighted by molar-refractivity contribution is -0.161. The molecule has 1 aliphatic carbocycles. The molecule has 2 heteroatoms. The van der Waals surface area contributed by atoms with Crippen molar-refractivity contribution in [1.29, 1.82) is 0 Å². The zero-order valence-electron chi connectivity index (χ0n) is 13.7. The van der Waals surface area contributed by atoms with Crippen molar-refractivity contribution in [3.63, 3.8) is 0 Å². The Balaban J connectivity index is 2.71. The predicted octanol–water partition coefficient (Wildman–Crippen LogP) is 5.42. The van der Waals surface area contributed by atoms with E-state index in [4.69, 9.17) is 4.74 Å². The van der Waals surface area contributed by atoms with Crippen LogP contribution in [-0.4, -0.2) is 11.6 Å². The van der Waals surface area contributed by atoms with Crippen molar-refractivity contribution in [1.82, 2.24) is 0 Å². The Bertz CT molecular complexity index is 313. The highest BCUT2D eigenvalue weighted by Crippen LogP contribution is 2.39. The Morgan fingerprint density at radius 3 is 2.40 bits per heavy atom. The average molecular weight is 280 g/mol. The first-order chi connectivity index (χ1) is 9.53. The molecule has 1 aliphatic rings. The molecule has 0 radical (unpaired) electrons. The second-order valence-corrected chi connectivity index (χ2v) is 6.53. The largest absolute Gasteiger partial charge is 0.456 e. The van der Waals surface area contributed by atoms with Gasteiger partial charge in [0.05, 0.1) is 0 Å². The first kappa shape index (κ1) is 17.3. The van der Waals surface area contributed by atoms with Crippen molar-refractivity contribution in [2.45, 2.75) is 90.6 Å². The Hall–Kier alpha value is -0.790. The highest BCUT2D eigenvalue weighted by Gasteiger charge is 2.37. The molecule has 1 saturated carbocycles. The normalized spacial score (nSPS) is 19.4. The quantitative estimate of drug-likeness (QED) is 0.438. The number of ether oxygens (including phenoxy) is 1. The molecule has 2 nitrogen and oxygen atoms in total. The average Bonchev–Trinajstić information content (AvgIpc) is 2.44. The van der Waals surface area contributed by atoms with Gasteiger partial charge < -0.3 is 4.74 Å². The van der Waals surface area contributed by atoms with Crippen molar-refractivity contribution in [3.05, 3.63) is 12.2 Å². The van der Waals surface area contributed by atoms with Gasteiger partial charge in [-0.25, -0.2) is 4.79 Å². The zero-order chi connectivity index (χ0) is 15.0. The fourth-order valence-electron chi connectivity index (χ4n) is 3.30. The van der Waals surface area contributed by atoms with E-state index < -0.39 is 0 Å². The fourth-order valence-corrected chi connectivity index (χ4v) is 3.30. The van der Waals surface area contributed by atoms with Crippen LogP contribution in [0.5, 0.6) is 0 Å². The lowest BCUT2D eigenvalue weighted by Crippen LogP contribution is -2.39. The van der Waals surface area contributed by atoms with Crippen molar-refractivity contribution in [3.8, 4) is 0 Å². The molecule has 0 saturated heterocycles. The summed E-state index contributed by atoms with van der Waals surface area (Å²) < 4.78 is 5.91. The Morgan fingerprint density at radius 1 is 1.25 bits per heavy atom. The maximum atomic E-state index is 12.0. The van der Waals surface area contributed by atoms with Crippen LogP contribution < -0.4 is 0 Å². The Morgan fingerprint density at radius 2 is 1.90 bits per heavy atom. The summed E-state index contributed by atoms with van der Waals surface area (Å²) in [5, 5.41) is 0. The molecule has 116 valence electrons. The van der Waals surface area contributed by atoms with Gasteiger partial charge in [-0.2, -0.15) is 0 Å². The summed E-state index contributed by atoms with van der Waals surface area (Å²) in [6, 6.07) is 0. The molecule has 0 N–H and O–H groups in total. The number of unbranched alkanes of at least 4 members (excludes halogenated alkanes) is 1. The minimum absolute atomic E-state index is 0.197. The monoisotopic (exact) mass is 280 g/mol. The second kappa shape index (κ2) is 8.49. The maximum absolute atomic E-state index is 12.0. The van der Waals surface area contributed by atoms with Crippen LogP contribution in [0.1, 0.15) is 85.0 Å². The van der Waals surface area contributed by atoms with E-state index in [9.17, 15) is 4.79 Å². The van der Waals surface area contributed by atoms with Gasteiger partial charge in [-0.05, 0) is 44.9 Å². The Labute approximate surface area is 125 Å². The first-order valence-electron chi connectivity index (χ1n) is 8.42. The van der Waals surface area contributed by atoms with Crippen LogP contribution in [0.4, 0.5) is 0 Å². The maximum Gasteiger partial charge on any atom is 0.333 e. The molecule has 1 atom stereocenters. The molecule has 0 heterocycles. The van der Waals surface area contributed by atoms with Crippen LogP contribution in [0.25, 0.3) is 0 Å². The number of carbonyl (C=O) groups excluding carboxylic acids is 1. The van der Waals surface area contributed by atoms with E-state index in [1.54, 1.807) is 6.92 Å². The van der Waals surface area contributed by atoms with Crippen molar-refractivity contribution < 1.29 is 9.53 Å². The van der Waals surface area contributed by atoms with Crippen molar-refractivity contribution >= 4 is 5.97 Å². The lowest BCUT2D eigenvalue weighted by Gasteiger charge is -2.39. The third kappa shape index (κ3) is 5.30. The van der Waals surface area contributed by atoms with Gasteiger partial charge in [-0.1, -0.05) is 52.5 Å². The lowest BCUT2D eigenvalue weighted by atomic mass is 9.76. The van der Waals surface area contributed by atoms with Crippen molar-refractivity contribution in [2.24, 2.45) is 5.92 Å². The van der Waals surface area contributed by atoms with E-state index in [0.29, 0.717) is 11.5 Å². The van der Waals surface area contributed by atoms with E-state index in [0.717, 1.165) is 19.3 Å². The topological polar surface area (TPSA) is 26.3 Å². The van der Waals surface area contributed by atoms with Crippen molar-refractivity contribution in [2.75, 3.05) is 0 Å². The van der Waals surface area contributed by atoms with E-state index in [-0.39, 0.29) is 11.6 Å². The highest BCUT2D eigenvalue weighted by atomic mass is 16.6. The predicted molar refractivity (Wildman–Crippen MR) is 84.6 cm³/mol. The van der Waals surface area contributed by atoms with Gasteiger partial charge in [-0.3, -0.25) is 0 Å². The summed E-state index contributed by atoms with van der Waals surface area (Å²) in [5.41, 5.74) is 0.319. The Kier molecular flexibility index (Phi) is 7.32. The molecule has 0 spiro atoms. The first-order valence-corrected chi connectivity index (χ1v) is 8.42. The molecule has 1 fully saturated rings. The summed E-state index contributed by atoms with van der Waals surface area (Å²) in [4.78, 5) is 12.0. The van der Waals surface area contributed by atoms with E-state index in [2.05, 4.69) is 20.4 Å². The van der Waals surface area contributed by atoms with Gasteiger partial charge in [0.15, 0.2) is 0 Å². The molecule has 0 aromatic heterocycles.